The Bertz CT molecular complexity index is 801. The average molecular weight is 250 g/mol. The van der Waals surface area contributed by atoms with E-state index in [9.17, 15) is 9.90 Å². The number of hydrogen-bond acceptors (Lipinski definition) is 3. The molecule has 0 aliphatic heterocycles. The van der Waals surface area contributed by atoms with Crippen molar-refractivity contribution in [3.05, 3.63) is 39.8 Å². The molecule has 0 spiro atoms. The molecule has 17 heavy (non-hydrogen) atoms. The maximum Gasteiger partial charge on any atom is 0.265 e. The van der Waals surface area contributed by atoms with Crippen LogP contribution in [-0.2, 0) is 7.05 Å². The number of nitrogens with zero attached hydrogens (tertiary/aromatic N) is 1. The molecule has 0 unspecified atom stereocenters. The maximum absolute atomic E-state index is 12.1. The van der Waals surface area contributed by atoms with Crippen LogP contribution in [0, 0.1) is 0 Å². The Labute approximate surface area is 101 Å². The first-order valence-corrected chi connectivity index (χ1v) is 5.37. The molecule has 0 amide bonds. The predicted molar refractivity (Wildman–Crippen MR) is 65.6 cm³/mol. The van der Waals surface area contributed by atoms with Gasteiger partial charge >= 0.3 is 0 Å². The number of pyridine rings is 1. The summed E-state index contributed by atoms with van der Waals surface area (Å²) in [6.45, 7) is 0. The summed E-state index contributed by atoms with van der Waals surface area (Å²) < 4.78 is 6.71. The number of fused-ring (bicyclic) bond motifs is 3. The Hall–Kier alpha value is -1.94. The summed E-state index contributed by atoms with van der Waals surface area (Å²) in [5.74, 6) is -0.298. The molecular formula is C12H8ClNO3. The van der Waals surface area contributed by atoms with Crippen molar-refractivity contribution in [2.75, 3.05) is 0 Å². The van der Waals surface area contributed by atoms with Crippen LogP contribution in [0.1, 0.15) is 0 Å². The number of hydrogen-bond donors (Lipinski definition) is 1. The average Bonchev–Trinajstić information content (AvgIpc) is 2.63. The van der Waals surface area contributed by atoms with Gasteiger partial charge in [0.15, 0.2) is 11.3 Å². The van der Waals surface area contributed by atoms with Gasteiger partial charge in [0.05, 0.1) is 5.52 Å². The lowest BCUT2D eigenvalue weighted by Gasteiger charge is -2.04. The van der Waals surface area contributed by atoms with Gasteiger partial charge in [-0.05, 0) is 23.7 Å². The first-order chi connectivity index (χ1) is 8.11. The third-order valence-electron chi connectivity index (χ3n) is 2.87. The van der Waals surface area contributed by atoms with E-state index in [2.05, 4.69) is 0 Å². The van der Waals surface area contributed by atoms with E-state index in [4.69, 9.17) is 16.0 Å². The van der Waals surface area contributed by atoms with E-state index in [1.165, 1.54) is 4.57 Å². The van der Waals surface area contributed by atoms with Gasteiger partial charge in [-0.3, -0.25) is 4.79 Å². The topological polar surface area (TPSA) is 55.4 Å². The first-order valence-electron chi connectivity index (χ1n) is 5.00. The van der Waals surface area contributed by atoms with Gasteiger partial charge in [-0.25, -0.2) is 0 Å². The van der Waals surface area contributed by atoms with Crippen molar-refractivity contribution in [2.45, 2.75) is 0 Å². The summed E-state index contributed by atoms with van der Waals surface area (Å²) in [5.41, 5.74) is 0.730. The van der Waals surface area contributed by atoms with Crippen LogP contribution >= 0.6 is 11.6 Å². The second kappa shape index (κ2) is 3.28. The van der Waals surface area contributed by atoms with E-state index in [1.54, 1.807) is 7.05 Å². The zero-order chi connectivity index (χ0) is 12.2. The van der Waals surface area contributed by atoms with E-state index >= 15 is 0 Å². The van der Waals surface area contributed by atoms with Gasteiger partial charge < -0.3 is 14.1 Å². The predicted octanol–water partition coefficient (Wildman–Crippen LogP) is 2.64. The van der Waals surface area contributed by atoms with Crippen LogP contribution in [0.5, 0.6) is 5.75 Å². The van der Waals surface area contributed by atoms with Gasteiger partial charge in [-0.15, -0.1) is 0 Å². The van der Waals surface area contributed by atoms with Crippen molar-refractivity contribution < 1.29 is 9.52 Å². The highest BCUT2D eigenvalue weighted by molar-refractivity contribution is 6.32. The lowest BCUT2D eigenvalue weighted by atomic mass is 10.1. The molecule has 0 radical (unpaired) electrons. The Morgan fingerprint density at radius 1 is 1.35 bits per heavy atom. The Morgan fingerprint density at radius 3 is 2.82 bits per heavy atom. The SMILES string of the molecule is Cn1c(=O)c2c(O)c(Cl)oc2c2ccccc21. The summed E-state index contributed by atoms with van der Waals surface area (Å²) in [6, 6.07) is 7.29. The first kappa shape index (κ1) is 10.2. The smallest absolute Gasteiger partial charge is 0.265 e. The third kappa shape index (κ3) is 1.21. The number of aromatic hydroxyl groups is 1. The number of para-hydroxylation sites is 1. The van der Waals surface area contributed by atoms with E-state index in [0.717, 1.165) is 10.9 Å². The molecule has 2 aromatic heterocycles. The Morgan fingerprint density at radius 2 is 2.06 bits per heavy atom. The van der Waals surface area contributed by atoms with Crippen molar-refractivity contribution in [2.24, 2.45) is 7.05 Å². The van der Waals surface area contributed by atoms with Gasteiger partial charge in [-0.2, -0.15) is 0 Å². The highest BCUT2D eigenvalue weighted by Gasteiger charge is 2.19. The fourth-order valence-electron chi connectivity index (χ4n) is 2.02. The minimum atomic E-state index is -0.327. The number of aromatic nitrogens is 1. The molecule has 0 fully saturated rings. The van der Waals surface area contributed by atoms with Crippen LogP contribution in [0.25, 0.3) is 21.9 Å². The monoisotopic (exact) mass is 249 g/mol. The number of halogens is 1. The van der Waals surface area contributed by atoms with Crippen LogP contribution in [0.4, 0.5) is 0 Å². The van der Waals surface area contributed by atoms with Crippen molar-refractivity contribution in [1.82, 2.24) is 4.57 Å². The van der Waals surface area contributed by atoms with Crippen LogP contribution < -0.4 is 5.56 Å². The molecule has 0 aliphatic carbocycles. The van der Waals surface area contributed by atoms with Crippen LogP contribution in [0.2, 0.25) is 5.22 Å². The van der Waals surface area contributed by atoms with E-state index in [1.807, 2.05) is 24.3 Å². The summed E-state index contributed by atoms with van der Waals surface area (Å²) >= 11 is 5.71. The van der Waals surface area contributed by atoms with Crippen molar-refractivity contribution >= 4 is 33.5 Å². The van der Waals surface area contributed by atoms with Crippen LogP contribution in [0.15, 0.2) is 33.5 Å². The Kier molecular flexibility index (Phi) is 1.97. The highest BCUT2D eigenvalue weighted by Crippen LogP contribution is 2.36. The van der Waals surface area contributed by atoms with Crippen molar-refractivity contribution in [3.8, 4) is 5.75 Å². The quantitative estimate of drug-likeness (QED) is 0.666. The van der Waals surface area contributed by atoms with Gasteiger partial charge in [0.25, 0.3) is 5.56 Å². The molecule has 86 valence electrons. The number of furan rings is 1. The lowest BCUT2D eigenvalue weighted by Crippen LogP contribution is -2.16. The zero-order valence-corrected chi connectivity index (χ0v) is 9.65. The summed E-state index contributed by atoms with van der Waals surface area (Å²) in [7, 11) is 1.64. The molecule has 1 aromatic carbocycles. The summed E-state index contributed by atoms with van der Waals surface area (Å²) in [4.78, 5) is 12.1. The van der Waals surface area contributed by atoms with Crippen LogP contribution in [0.3, 0.4) is 0 Å². The summed E-state index contributed by atoms with van der Waals surface area (Å²) in [6.07, 6.45) is 0. The molecule has 0 saturated carbocycles. The standard InChI is InChI=1S/C12H8ClNO3/c1-14-7-5-3-2-4-6(7)10-8(12(14)16)9(15)11(13)17-10/h2-5,15H,1H3. The van der Waals surface area contributed by atoms with Gasteiger partial charge in [0.2, 0.25) is 5.22 Å². The number of benzene rings is 1. The number of rotatable bonds is 0. The maximum atomic E-state index is 12.1. The molecule has 3 rings (SSSR count). The molecule has 5 heteroatoms. The van der Waals surface area contributed by atoms with Crippen LogP contribution in [-0.4, -0.2) is 9.67 Å². The minimum Gasteiger partial charge on any atom is -0.503 e. The molecular weight excluding hydrogens is 242 g/mol. The second-order valence-electron chi connectivity index (χ2n) is 3.81. The van der Waals surface area contributed by atoms with E-state index in [-0.39, 0.29) is 21.9 Å². The fraction of sp³-hybridized carbons (Fsp3) is 0.0833. The highest BCUT2D eigenvalue weighted by atomic mass is 35.5. The van der Waals surface area contributed by atoms with Gasteiger partial charge in [0, 0.05) is 12.4 Å². The molecule has 1 N–H and O–H groups in total. The normalized spacial score (nSPS) is 11.4. The molecule has 3 aromatic rings. The molecule has 0 saturated heterocycles. The second-order valence-corrected chi connectivity index (χ2v) is 4.15. The lowest BCUT2D eigenvalue weighted by molar-refractivity contribution is 0.465. The molecule has 0 aliphatic rings. The summed E-state index contributed by atoms with van der Waals surface area (Å²) in [5, 5.41) is 10.4. The van der Waals surface area contributed by atoms with Crippen molar-refractivity contribution in [3.63, 3.8) is 0 Å². The molecule has 0 atom stereocenters. The van der Waals surface area contributed by atoms with Gasteiger partial charge in [0.1, 0.15) is 5.39 Å². The minimum absolute atomic E-state index is 0.121. The number of aryl methyl sites for hydroxylation is 1. The molecule has 2 heterocycles. The van der Waals surface area contributed by atoms with Gasteiger partial charge in [-0.1, -0.05) is 12.1 Å². The molecule has 0 bridgehead atoms. The zero-order valence-electron chi connectivity index (χ0n) is 8.90. The third-order valence-corrected chi connectivity index (χ3v) is 3.13. The van der Waals surface area contributed by atoms with E-state index in [0.29, 0.717) is 5.58 Å². The largest absolute Gasteiger partial charge is 0.503 e. The Balaban J connectivity index is 2.75. The van der Waals surface area contributed by atoms with Crippen molar-refractivity contribution in [1.29, 1.82) is 0 Å². The molecule has 4 nitrogen and oxygen atoms in total. The van der Waals surface area contributed by atoms with E-state index < -0.39 is 0 Å². The fourth-order valence-corrected chi connectivity index (χ4v) is 2.19.